The van der Waals surface area contributed by atoms with Crippen LogP contribution in [0.2, 0.25) is 0 Å². The van der Waals surface area contributed by atoms with Crippen LogP contribution < -0.4 is 0 Å². The van der Waals surface area contributed by atoms with Gasteiger partial charge < -0.3 is 5.21 Å². The second kappa shape index (κ2) is 6.42. The van der Waals surface area contributed by atoms with Crippen LogP contribution in [0, 0.1) is 0 Å². The van der Waals surface area contributed by atoms with Crippen LogP contribution in [0.25, 0.3) is 22.2 Å². The van der Waals surface area contributed by atoms with Crippen LogP contribution in [0.1, 0.15) is 65.5 Å². The van der Waals surface area contributed by atoms with Gasteiger partial charge in [-0.3, -0.25) is 0 Å². The van der Waals surface area contributed by atoms with E-state index in [2.05, 4.69) is 76.0 Å². The van der Waals surface area contributed by atoms with E-state index in [-0.39, 0.29) is 10.8 Å². The molecule has 0 amide bonds. The van der Waals surface area contributed by atoms with Crippen molar-refractivity contribution in [2.75, 3.05) is 0 Å². The number of hydrogen-bond donors (Lipinski definition) is 1. The van der Waals surface area contributed by atoms with E-state index in [1.165, 1.54) is 11.1 Å². The molecule has 2 aromatic carbocycles. The summed E-state index contributed by atoms with van der Waals surface area (Å²) >= 11 is 0. The first-order valence-corrected chi connectivity index (χ1v) is 9.39. The van der Waals surface area contributed by atoms with E-state index in [4.69, 9.17) is 0 Å². The highest BCUT2D eigenvalue weighted by Gasteiger charge is 2.25. The molecule has 3 aromatic rings. The first-order chi connectivity index (χ1) is 12.2. The summed E-state index contributed by atoms with van der Waals surface area (Å²) in [6.45, 7) is 13.6. The molecule has 1 aromatic heterocycles. The van der Waals surface area contributed by atoms with Crippen LogP contribution >= 0.6 is 0 Å². The number of hydrogen-bond acceptors (Lipinski definition) is 3. The van der Waals surface area contributed by atoms with E-state index in [1.807, 2.05) is 12.1 Å². The van der Waals surface area contributed by atoms with Gasteiger partial charge in [-0.2, -0.15) is 0 Å². The summed E-state index contributed by atoms with van der Waals surface area (Å²) in [4.78, 5) is 0.658. The fraction of sp³-hybridized carbons (Fsp3) is 0.455. The van der Waals surface area contributed by atoms with Gasteiger partial charge in [0.2, 0.25) is 0 Å². The standard InChI is InChI=1S/C22H29N3O/c1-7-21(3,4)16-12-15(13-17(14-16)22(5,6)8-2)18-10-9-11-19-20(18)24-25(26)23-19/h9-14,26H,7-8H2,1-6H3. The Morgan fingerprint density at radius 3 is 2.00 bits per heavy atom. The fourth-order valence-electron chi connectivity index (χ4n) is 3.13. The highest BCUT2D eigenvalue weighted by Crippen LogP contribution is 2.38. The Hall–Kier alpha value is -2.36. The minimum Gasteiger partial charge on any atom is -0.396 e. The molecular weight excluding hydrogens is 322 g/mol. The number of benzene rings is 2. The molecule has 0 atom stereocenters. The van der Waals surface area contributed by atoms with Crippen LogP contribution in [0.4, 0.5) is 0 Å². The minimum absolute atomic E-state index is 0.0943. The zero-order valence-electron chi connectivity index (χ0n) is 16.7. The lowest BCUT2D eigenvalue weighted by Gasteiger charge is -2.29. The van der Waals surface area contributed by atoms with E-state index >= 15 is 0 Å². The van der Waals surface area contributed by atoms with Gasteiger partial charge in [0, 0.05) is 5.56 Å². The van der Waals surface area contributed by atoms with E-state index in [1.54, 1.807) is 0 Å². The highest BCUT2D eigenvalue weighted by molar-refractivity contribution is 5.91. The lowest BCUT2D eigenvalue weighted by atomic mass is 9.75. The van der Waals surface area contributed by atoms with Gasteiger partial charge in [0.05, 0.1) is 0 Å². The average Bonchev–Trinajstić information content (AvgIpc) is 3.01. The van der Waals surface area contributed by atoms with E-state index < -0.39 is 0 Å². The van der Waals surface area contributed by atoms with Gasteiger partial charge in [0.1, 0.15) is 11.0 Å². The normalized spacial score (nSPS) is 12.7. The Kier molecular flexibility index (Phi) is 4.55. The number of fused-ring (bicyclic) bond motifs is 1. The van der Waals surface area contributed by atoms with Gasteiger partial charge in [-0.05, 0) is 51.4 Å². The number of aromatic nitrogens is 3. The summed E-state index contributed by atoms with van der Waals surface area (Å²) in [7, 11) is 0. The molecule has 1 heterocycles. The van der Waals surface area contributed by atoms with Crippen molar-refractivity contribution < 1.29 is 5.21 Å². The first-order valence-electron chi connectivity index (χ1n) is 9.39. The van der Waals surface area contributed by atoms with Crippen LogP contribution in [0.15, 0.2) is 36.4 Å². The van der Waals surface area contributed by atoms with Crippen molar-refractivity contribution in [3.63, 3.8) is 0 Å². The lowest BCUT2D eigenvalue weighted by Crippen LogP contribution is -2.20. The van der Waals surface area contributed by atoms with Crippen molar-refractivity contribution in [3.8, 4) is 11.1 Å². The zero-order valence-corrected chi connectivity index (χ0v) is 16.7. The third kappa shape index (κ3) is 3.20. The molecule has 0 bridgehead atoms. The molecule has 0 saturated heterocycles. The van der Waals surface area contributed by atoms with Crippen molar-refractivity contribution in [2.24, 2.45) is 0 Å². The van der Waals surface area contributed by atoms with Gasteiger partial charge in [-0.25, -0.2) is 0 Å². The fourth-order valence-corrected chi connectivity index (χ4v) is 3.13. The number of rotatable bonds is 5. The maximum absolute atomic E-state index is 9.67. The Morgan fingerprint density at radius 2 is 1.46 bits per heavy atom. The molecular formula is C22H29N3O. The molecule has 0 aliphatic carbocycles. The van der Waals surface area contributed by atoms with Gasteiger partial charge >= 0.3 is 0 Å². The third-order valence-electron chi connectivity index (χ3n) is 5.98. The molecule has 0 unspecified atom stereocenters. The van der Waals surface area contributed by atoms with Crippen LogP contribution in [0.5, 0.6) is 0 Å². The summed E-state index contributed by atoms with van der Waals surface area (Å²) in [6, 6.07) is 12.8. The minimum atomic E-state index is 0.0943. The van der Waals surface area contributed by atoms with Crippen molar-refractivity contribution >= 4 is 11.0 Å². The molecule has 26 heavy (non-hydrogen) atoms. The molecule has 0 saturated carbocycles. The first kappa shape index (κ1) is 18.4. The number of nitrogens with zero attached hydrogens (tertiary/aromatic N) is 3. The van der Waals surface area contributed by atoms with Gasteiger partial charge in [0.15, 0.2) is 0 Å². The second-order valence-corrected chi connectivity index (χ2v) is 8.42. The quantitative estimate of drug-likeness (QED) is 0.599. The Labute approximate surface area is 155 Å². The molecule has 4 heteroatoms. The smallest absolute Gasteiger partial charge is 0.124 e. The predicted molar refractivity (Wildman–Crippen MR) is 107 cm³/mol. The third-order valence-corrected chi connectivity index (χ3v) is 5.98. The van der Waals surface area contributed by atoms with Crippen LogP contribution in [-0.4, -0.2) is 20.4 Å². The molecule has 3 rings (SSSR count). The average molecular weight is 351 g/mol. The molecule has 4 nitrogen and oxygen atoms in total. The summed E-state index contributed by atoms with van der Waals surface area (Å²) < 4.78 is 0. The van der Waals surface area contributed by atoms with Crippen molar-refractivity contribution in [2.45, 2.75) is 65.2 Å². The Morgan fingerprint density at radius 1 is 0.885 bits per heavy atom. The van der Waals surface area contributed by atoms with Crippen molar-refractivity contribution in [3.05, 3.63) is 47.5 Å². The summed E-state index contributed by atoms with van der Waals surface area (Å²) in [6.07, 6.45) is 2.14. The lowest BCUT2D eigenvalue weighted by molar-refractivity contribution is 0.113. The van der Waals surface area contributed by atoms with E-state index in [9.17, 15) is 5.21 Å². The molecule has 0 aliphatic rings. The van der Waals surface area contributed by atoms with Crippen LogP contribution in [-0.2, 0) is 10.8 Å². The molecule has 138 valence electrons. The van der Waals surface area contributed by atoms with Gasteiger partial charge in [-0.15, -0.1) is 10.2 Å². The summed E-state index contributed by atoms with van der Waals surface area (Å²) in [5.41, 5.74) is 6.41. The Balaban J connectivity index is 2.29. The molecule has 0 fully saturated rings. The summed E-state index contributed by atoms with van der Waals surface area (Å²) in [5.74, 6) is 0. The molecule has 0 aliphatic heterocycles. The van der Waals surface area contributed by atoms with Gasteiger partial charge in [-0.1, -0.05) is 71.9 Å². The highest BCUT2D eigenvalue weighted by atomic mass is 16.5. The predicted octanol–water partition coefficient (Wildman–Crippen LogP) is 5.71. The zero-order chi connectivity index (χ0) is 19.1. The maximum Gasteiger partial charge on any atom is 0.124 e. The topological polar surface area (TPSA) is 50.9 Å². The van der Waals surface area contributed by atoms with Crippen LogP contribution in [0.3, 0.4) is 0 Å². The largest absolute Gasteiger partial charge is 0.396 e. The SMILES string of the molecule is CCC(C)(C)c1cc(-c2cccc3nn(O)nc23)cc(C(C)(C)CC)c1. The molecule has 1 N–H and O–H groups in total. The van der Waals surface area contributed by atoms with Crippen molar-refractivity contribution in [1.29, 1.82) is 0 Å². The second-order valence-electron chi connectivity index (χ2n) is 8.42. The molecule has 0 spiro atoms. The maximum atomic E-state index is 9.67. The van der Waals surface area contributed by atoms with E-state index in [0.717, 1.165) is 29.5 Å². The monoisotopic (exact) mass is 351 g/mol. The Bertz CT molecular complexity index is 903. The summed E-state index contributed by atoms with van der Waals surface area (Å²) in [5, 5.41) is 17.9. The van der Waals surface area contributed by atoms with Gasteiger partial charge in [0.25, 0.3) is 0 Å². The van der Waals surface area contributed by atoms with Crippen molar-refractivity contribution in [1.82, 2.24) is 15.2 Å². The van der Waals surface area contributed by atoms with E-state index in [0.29, 0.717) is 10.5 Å². The molecule has 0 radical (unpaired) electrons.